The summed E-state index contributed by atoms with van der Waals surface area (Å²) in [7, 11) is 0. The van der Waals surface area contributed by atoms with Gasteiger partial charge >= 0.3 is 0 Å². The maximum atomic E-state index is 12.2. The monoisotopic (exact) mass is 366 g/mol. The molecule has 7 heteroatoms. The average molecular weight is 367 g/mol. The lowest BCUT2D eigenvalue weighted by atomic mass is 10.0. The van der Waals surface area contributed by atoms with Crippen molar-refractivity contribution in [3.8, 4) is 17.2 Å². The zero-order chi connectivity index (χ0) is 16.4. The van der Waals surface area contributed by atoms with Gasteiger partial charge in [-0.05, 0) is 25.0 Å². The molecule has 1 fully saturated rings. The minimum Gasteiger partial charge on any atom is -0.368 e. The molecule has 2 heterocycles. The number of nitrogens with zero attached hydrogens (tertiary/aromatic N) is 1. The molecule has 4 nitrogen and oxygen atoms in total. The highest BCUT2D eigenvalue weighted by Gasteiger charge is 2.25. The molecule has 1 atom stereocenters. The Kier molecular flexibility index (Phi) is 4.88. The molecule has 1 aliphatic heterocycles. The first kappa shape index (κ1) is 16.3. The molecule has 1 aromatic carbocycles. The Balaban J connectivity index is 1.91. The second-order valence-corrected chi connectivity index (χ2v) is 6.80. The summed E-state index contributed by atoms with van der Waals surface area (Å²) in [4.78, 5) is 12.2. The van der Waals surface area contributed by atoms with Crippen LogP contribution in [0, 0.1) is 11.3 Å². The number of carbonyl (C=O) groups is 1. The molecule has 118 valence electrons. The van der Waals surface area contributed by atoms with Crippen LogP contribution in [0.1, 0.15) is 18.4 Å². The number of halogens is 2. The van der Waals surface area contributed by atoms with Crippen molar-refractivity contribution in [2.24, 2.45) is 0 Å². The zero-order valence-corrected chi connectivity index (χ0v) is 14.3. The molecule has 0 saturated carbocycles. The van der Waals surface area contributed by atoms with Crippen LogP contribution in [0.15, 0.2) is 23.6 Å². The maximum absolute atomic E-state index is 12.2. The van der Waals surface area contributed by atoms with E-state index in [1.54, 1.807) is 23.6 Å². The van der Waals surface area contributed by atoms with Gasteiger partial charge in [0.25, 0.3) is 5.91 Å². The lowest BCUT2D eigenvalue weighted by Crippen LogP contribution is -2.26. The second-order valence-electron chi connectivity index (χ2n) is 5.08. The van der Waals surface area contributed by atoms with Gasteiger partial charge in [0.15, 0.2) is 0 Å². The molecular formula is C16H12Cl2N2O2S. The van der Waals surface area contributed by atoms with Crippen molar-refractivity contribution in [1.29, 1.82) is 5.26 Å². The van der Waals surface area contributed by atoms with Crippen LogP contribution in [0.4, 0.5) is 5.00 Å². The summed E-state index contributed by atoms with van der Waals surface area (Å²) in [6.45, 7) is 0.596. The Hall–Kier alpha value is -1.58. The third-order valence-electron chi connectivity index (χ3n) is 3.58. The van der Waals surface area contributed by atoms with E-state index in [4.69, 9.17) is 27.9 Å². The van der Waals surface area contributed by atoms with Gasteiger partial charge in [-0.15, -0.1) is 11.3 Å². The van der Waals surface area contributed by atoms with Gasteiger partial charge in [-0.1, -0.05) is 29.3 Å². The molecule has 3 rings (SSSR count). The predicted octanol–water partition coefficient (Wildman–Crippen LogP) is 4.71. The number of carbonyl (C=O) groups excluding carboxylic acids is 1. The first-order valence-electron chi connectivity index (χ1n) is 6.99. The van der Waals surface area contributed by atoms with Gasteiger partial charge in [0.05, 0.1) is 5.56 Å². The van der Waals surface area contributed by atoms with E-state index >= 15 is 0 Å². The van der Waals surface area contributed by atoms with Crippen LogP contribution in [0.5, 0.6) is 0 Å². The Bertz CT molecular complexity index is 792. The van der Waals surface area contributed by atoms with Crippen LogP contribution in [-0.2, 0) is 9.53 Å². The van der Waals surface area contributed by atoms with Crippen molar-refractivity contribution < 1.29 is 9.53 Å². The fourth-order valence-corrected chi connectivity index (χ4v) is 3.87. The van der Waals surface area contributed by atoms with Gasteiger partial charge < -0.3 is 10.1 Å². The van der Waals surface area contributed by atoms with E-state index < -0.39 is 6.10 Å². The van der Waals surface area contributed by atoms with Crippen molar-refractivity contribution >= 4 is 45.4 Å². The van der Waals surface area contributed by atoms with Gasteiger partial charge in [0.2, 0.25) is 0 Å². The normalized spacial score (nSPS) is 17.0. The van der Waals surface area contributed by atoms with Gasteiger partial charge in [-0.25, -0.2) is 0 Å². The number of ether oxygens (including phenoxy) is 1. The van der Waals surface area contributed by atoms with E-state index in [1.165, 1.54) is 11.3 Å². The van der Waals surface area contributed by atoms with E-state index in [0.717, 1.165) is 6.42 Å². The molecule has 2 aromatic rings. The van der Waals surface area contributed by atoms with E-state index in [9.17, 15) is 10.1 Å². The third kappa shape index (κ3) is 3.36. The summed E-state index contributed by atoms with van der Waals surface area (Å²) in [6, 6.07) is 7.25. The summed E-state index contributed by atoms with van der Waals surface area (Å²) in [5, 5.41) is 15.6. The first-order valence-corrected chi connectivity index (χ1v) is 8.63. The van der Waals surface area contributed by atoms with E-state index in [1.807, 2.05) is 0 Å². The van der Waals surface area contributed by atoms with Crippen LogP contribution in [0.2, 0.25) is 10.0 Å². The number of thiophene rings is 1. The Morgan fingerprint density at radius 2 is 2.22 bits per heavy atom. The van der Waals surface area contributed by atoms with Crippen LogP contribution in [0.25, 0.3) is 11.1 Å². The first-order chi connectivity index (χ1) is 11.1. The van der Waals surface area contributed by atoms with E-state index in [-0.39, 0.29) is 5.91 Å². The molecule has 0 aliphatic carbocycles. The summed E-state index contributed by atoms with van der Waals surface area (Å²) < 4.78 is 5.36. The highest BCUT2D eigenvalue weighted by atomic mass is 35.5. The SMILES string of the molecule is N#Cc1c(-c2ccc(Cl)cc2Cl)csc1NC(=O)C1CCCO1. The van der Waals surface area contributed by atoms with Crippen LogP contribution in [-0.4, -0.2) is 18.6 Å². The number of amides is 1. The Labute approximate surface area is 147 Å². The lowest BCUT2D eigenvalue weighted by Gasteiger charge is -2.09. The summed E-state index contributed by atoms with van der Waals surface area (Å²) in [5.41, 5.74) is 1.79. The molecule has 0 radical (unpaired) electrons. The van der Waals surface area contributed by atoms with Crippen LogP contribution in [0.3, 0.4) is 0 Å². The molecule has 1 N–H and O–H groups in total. The van der Waals surface area contributed by atoms with Gasteiger partial charge in [0, 0.05) is 33.2 Å². The Morgan fingerprint density at radius 1 is 1.39 bits per heavy atom. The largest absolute Gasteiger partial charge is 0.368 e. The standard InChI is InChI=1S/C16H12Cl2N2O2S/c17-9-3-4-10(13(18)6-9)12-8-23-16(11(12)7-19)20-15(21)14-2-1-5-22-14/h3-4,6,8,14H,1-2,5H2,(H,20,21). The van der Waals surface area contributed by atoms with Crippen molar-refractivity contribution in [2.75, 3.05) is 11.9 Å². The Morgan fingerprint density at radius 3 is 2.87 bits per heavy atom. The number of rotatable bonds is 3. The number of nitrogens with one attached hydrogen (secondary N) is 1. The van der Waals surface area contributed by atoms with Crippen molar-refractivity contribution in [2.45, 2.75) is 18.9 Å². The van der Waals surface area contributed by atoms with Gasteiger partial charge in [-0.3, -0.25) is 4.79 Å². The molecule has 23 heavy (non-hydrogen) atoms. The van der Waals surface area contributed by atoms with E-state index in [0.29, 0.717) is 44.8 Å². The fourth-order valence-electron chi connectivity index (χ4n) is 2.44. The molecule has 1 aromatic heterocycles. The number of anilines is 1. The molecular weight excluding hydrogens is 355 g/mol. The summed E-state index contributed by atoms with van der Waals surface area (Å²) in [6.07, 6.45) is 1.14. The maximum Gasteiger partial charge on any atom is 0.254 e. The molecule has 0 bridgehead atoms. The molecule has 1 aliphatic rings. The van der Waals surface area contributed by atoms with Gasteiger partial charge in [-0.2, -0.15) is 5.26 Å². The number of hydrogen-bond acceptors (Lipinski definition) is 4. The lowest BCUT2D eigenvalue weighted by molar-refractivity contribution is -0.124. The average Bonchev–Trinajstić information content (AvgIpc) is 3.16. The smallest absolute Gasteiger partial charge is 0.254 e. The highest BCUT2D eigenvalue weighted by Crippen LogP contribution is 2.39. The molecule has 1 unspecified atom stereocenters. The predicted molar refractivity (Wildman–Crippen MR) is 92.1 cm³/mol. The van der Waals surface area contributed by atoms with E-state index in [2.05, 4.69) is 11.4 Å². The zero-order valence-electron chi connectivity index (χ0n) is 11.9. The van der Waals surface area contributed by atoms with Crippen LogP contribution >= 0.6 is 34.5 Å². The third-order valence-corrected chi connectivity index (χ3v) is 5.03. The molecule has 0 spiro atoms. The number of benzene rings is 1. The topological polar surface area (TPSA) is 62.1 Å². The summed E-state index contributed by atoms with van der Waals surface area (Å²) in [5.74, 6) is -0.213. The van der Waals surface area contributed by atoms with Gasteiger partial charge in [0.1, 0.15) is 17.2 Å². The second kappa shape index (κ2) is 6.90. The fraction of sp³-hybridized carbons (Fsp3) is 0.250. The van der Waals surface area contributed by atoms with Crippen molar-refractivity contribution in [3.05, 3.63) is 39.2 Å². The minimum absolute atomic E-state index is 0.213. The van der Waals surface area contributed by atoms with Crippen molar-refractivity contribution in [3.63, 3.8) is 0 Å². The number of hydrogen-bond donors (Lipinski definition) is 1. The number of nitriles is 1. The summed E-state index contributed by atoms with van der Waals surface area (Å²) >= 11 is 13.4. The highest BCUT2D eigenvalue weighted by molar-refractivity contribution is 7.15. The quantitative estimate of drug-likeness (QED) is 0.855. The minimum atomic E-state index is -0.439. The van der Waals surface area contributed by atoms with Crippen molar-refractivity contribution in [1.82, 2.24) is 0 Å². The molecule has 1 saturated heterocycles. The molecule has 1 amide bonds. The van der Waals surface area contributed by atoms with Crippen LogP contribution < -0.4 is 5.32 Å².